The van der Waals surface area contributed by atoms with Crippen molar-refractivity contribution in [1.82, 2.24) is 0 Å². The molecule has 0 saturated heterocycles. The molecule has 1 saturated carbocycles. The molecule has 2 aromatic rings. The summed E-state index contributed by atoms with van der Waals surface area (Å²) in [6.45, 7) is 5.02. The predicted molar refractivity (Wildman–Crippen MR) is 161 cm³/mol. The number of carbonyl (C=O) groups excluding carboxylic acids is 5. The van der Waals surface area contributed by atoms with Gasteiger partial charge in [0.2, 0.25) is 0 Å². The molecule has 45 heavy (non-hydrogen) atoms. The summed E-state index contributed by atoms with van der Waals surface area (Å²) < 4.78 is 31.2. The lowest BCUT2D eigenvalue weighted by Crippen LogP contribution is -2.30. The molecule has 0 aromatic heterocycles. The first-order chi connectivity index (χ1) is 21.8. The third-order valence-electron chi connectivity index (χ3n) is 7.23. The lowest BCUT2D eigenvalue weighted by Gasteiger charge is -2.25. The van der Waals surface area contributed by atoms with Gasteiger partial charge < -0.3 is 28.4 Å². The van der Waals surface area contributed by atoms with Crippen molar-refractivity contribution in [2.75, 3.05) is 33.0 Å². The van der Waals surface area contributed by atoms with Gasteiger partial charge in [0.05, 0.1) is 44.7 Å². The second-order valence-corrected chi connectivity index (χ2v) is 10.5. The standard InChI is InChI=1S/C34H42O11/c1-3-40-20-19-30(35)42-21-17-24-5-13-28(14-6-24)44-33(38)26-9-11-27(12-10-26)34(39)45-29-15-7-25(8-16-29)18-22-43-32(37)23-31(36)41-4-2/h5-8,13-16,26-27H,3-4,9-12,17-23H2,1-2H3. The fourth-order valence-electron chi connectivity index (χ4n) is 4.73. The zero-order valence-electron chi connectivity index (χ0n) is 26.0. The summed E-state index contributed by atoms with van der Waals surface area (Å²) in [7, 11) is 0. The van der Waals surface area contributed by atoms with Gasteiger partial charge in [0.25, 0.3) is 0 Å². The van der Waals surface area contributed by atoms with Gasteiger partial charge in [0.1, 0.15) is 17.9 Å². The molecule has 0 bridgehead atoms. The molecule has 0 heterocycles. The molecule has 0 aliphatic heterocycles. The molecule has 1 aliphatic rings. The molecule has 0 atom stereocenters. The van der Waals surface area contributed by atoms with Crippen LogP contribution >= 0.6 is 0 Å². The normalized spacial score (nSPS) is 15.9. The number of hydrogen-bond donors (Lipinski definition) is 0. The number of ether oxygens (including phenoxy) is 6. The van der Waals surface area contributed by atoms with Crippen LogP contribution in [0.1, 0.15) is 63.5 Å². The maximum atomic E-state index is 12.7. The SMILES string of the molecule is CCOCCC(=O)OCCc1ccc(OC(=O)C2CCC(C(=O)Oc3ccc(CCOC(=O)CC(=O)OCC)cc3)CC2)cc1. The molecule has 1 fully saturated rings. The summed E-state index contributed by atoms with van der Waals surface area (Å²) in [6, 6.07) is 14.0. The van der Waals surface area contributed by atoms with Gasteiger partial charge in [-0.3, -0.25) is 24.0 Å². The van der Waals surface area contributed by atoms with Crippen LogP contribution in [0.2, 0.25) is 0 Å². The van der Waals surface area contributed by atoms with Crippen LogP contribution in [0, 0.1) is 11.8 Å². The average molecular weight is 627 g/mol. The van der Waals surface area contributed by atoms with E-state index in [1.165, 1.54) is 0 Å². The van der Waals surface area contributed by atoms with Crippen molar-refractivity contribution in [2.24, 2.45) is 11.8 Å². The van der Waals surface area contributed by atoms with Crippen LogP contribution in [-0.2, 0) is 55.8 Å². The molecular weight excluding hydrogens is 584 g/mol. The molecule has 2 aromatic carbocycles. The molecule has 0 unspecified atom stereocenters. The number of carbonyl (C=O) groups is 5. The number of hydrogen-bond acceptors (Lipinski definition) is 11. The smallest absolute Gasteiger partial charge is 0.317 e. The van der Waals surface area contributed by atoms with E-state index in [4.69, 9.17) is 28.4 Å². The molecule has 1 aliphatic carbocycles. The highest BCUT2D eigenvalue weighted by atomic mass is 16.6. The Morgan fingerprint density at radius 1 is 0.578 bits per heavy atom. The van der Waals surface area contributed by atoms with Crippen LogP contribution in [0.5, 0.6) is 11.5 Å². The Morgan fingerprint density at radius 3 is 1.47 bits per heavy atom. The Labute approximate surface area is 263 Å². The highest BCUT2D eigenvalue weighted by molar-refractivity contribution is 5.91. The third kappa shape index (κ3) is 13.1. The fourth-order valence-corrected chi connectivity index (χ4v) is 4.73. The highest BCUT2D eigenvalue weighted by Crippen LogP contribution is 2.31. The Kier molecular flexibility index (Phi) is 15.0. The fraction of sp³-hybridized carbons (Fsp3) is 0.500. The van der Waals surface area contributed by atoms with Crippen LogP contribution in [0.4, 0.5) is 0 Å². The summed E-state index contributed by atoms with van der Waals surface area (Å²) >= 11 is 0. The molecule has 0 radical (unpaired) electrons. The first-order valence-electron chi connectivity index (χ1n) is 15.4. The minimum atomic E-state index is -0.640. The van der Waals surface area contributed by atoms with Crippen molar-refractivity contribution in [3.05, 3.63) is 59.7 Å². The molecule has 11 heteroatoms. The molecular formula is C34H42O11. The Hall–Kier alpha value is -4.25. The molecule has 0 spiro atoms. The molecule has 11 nitrogen and oxygen atoms in total. The quantitative estimate of drug-likeness (QED) is 0.0803. The Balaban J connectivity index is 1.32. The van der Waals surface area contributed by atoms with Crippen LogP contribution < -0.4 is 9.47 Å². The average Bonchev–Trinajstić information content (AvgIpc) is 3.03. The summed E-state index contributed by atoms with van der Waals surface area (Å²) in [5.41, 5.74) is 1.83. The predicted octanol–water partition coefficient (Wildman–Crippen LogP) is 4.56. The van der Waals surface area contributed by atoms with E-state index in [1.807, 2.05) is 19.1 Å². The van der Waals surface area contributed by atoms with Crippen molar-refractivity contribution < 1.29 is 52.4 Å². The minimum Gasteiger partial charge on any atom is -0.466 e. The largest absolute Gasteiger partial charge is 0.466 e. The topological polar surface area (TPSA) is 141 Å². The van der Waals surface area contributed by atoms with E-state index in [-0.39, 0.29) is 56.0 Å². The molecule has 244 valence electrons. The molecule has 0 amide bonds. The number of esters is 5. The summed E-state index contributed by atoms with van der Waals surface area (Å²) in [5.74, 6) is -1.96. The zero-order chi connectivity index (χ0) is 32.4. The van der Waals surface area contributed by atoms with Gasteiger partial charge in [0.15, 0.2) is 0 Å². The zero-order valence-corrected chi connectivity index (χ0v) is 26.0. The second kappa shape index (κ2) is 19.2. The van der Waals surface area contributed by atoms with Crippen LogP contribution in [-0.4, -0.2) is 62.9 Å². The first kappa shape index (κ1) is 35.2. The van der Waals surface area contributed by atoms with E-state index < -0.39 is 18.4 Å². The van der Waals surface area contributed by atoms with E-state index in [1.54, 1.807) is 43.3 Å². The van der Waals surface area contributed by atoms with Crippen molar-refractivity contribution >= 4 is 29.8 Å². The number of rotatable bonds is 17. The van der Waals surface area contributed by atoms with Crippen LogP contribution in [0.25, 0.3) is 0 Å². The van der Waals surface area contributed by atoms with Crippen molar-refractivity contribution in [3.8, 4) is 11.5 Å². The van der Waals surface area contributed by atoms with Gasteiger partial charge in [-0.1, -0.05) is 24.3 Å². The second-order valence-electron chi connectivity index (χ2n) is 10.5. The summed E-state index contributed by atoms with van der Waals surface area (Å²) in [6.07, 6.45) is 2.91. The van der Waals surface area contributed by atoms with Gasteiger partial charge in [0, 0.05) is 19.4 Å². The van der Waals surface area contributed by atoms with E-state index in [9.17, 15) is 24.0 Å². The van der Waals surface area contributed by atoms with Gasteiger partial charge in [-0.05, 0) is 74.9 Å². The van der Waals surface area contributed by atoms with Gasteiger partial charge >= 0.3 is 29.8 Å². The maximum Gasteiger partial charge on any atom is 0.317 e. The first-order valence-corrected chi connectivity index (χ1v) is 15.4. The molecule has 0 N–H and O–H groups in total. The number of benzene rings is 2. The lowest BCUT2D eigenvalue weighted by molar-refractivity contribution is -0.154. The minimum absolute atomic E-state index is 0.114. The van der Waals surface area contributed by atoms with E-state index in [0.717, 1.165) is 11.1 Å². The van der Waals surface area contributed by atoms with Crippen LogP contribution in [0.15, 0.2) is 48.5 Å². The third-order valence-corrected chi connectivity index (χ3v) is 7.23. The van der Waals surface area contributed by atoms with Gasteiger partial charge in [-0.2, -0.15) is 0 Å². The Morgan fingerprint density at radius 2 is 1.02 bits per heavy atom. The summed E-state index contributed by atoms with van der Waals surface area (Å²) in [5, 5.41) is 0. The van der Waals surface area contributed by atoms with Crippen molar-refractivity contribution in [1.29, 1.82) is 0 Å². The Bertz CT molecular complexity index is 1250. The monoisotopic (exact) mass is 626 g/mol. The van der Waals surface area contributed by atoms with E-state index >= 15 is 0 Å². The van der Waals surface area contributed by atoms with Crippen molar-refractivity contribution in [3.63, 3.8) is 0 Å². The van der Waals surface area contributed by atoms with E-state index in [2.05, 4.69) is 0 Å². The maximum absolute atomic E-state index is 12.7. The van der Waals surface area contributed by atoms with Crippen molar-refractivity contribution in [2.45, 2.75) is 65.2 Å². The van der Waals surface area contributed by atoms with E-state index in [0.29, 0.717) is 63.2 Å². The molecule has 3 rings (SSSR count). The summed E-state index contributed by atoms with van der Waals surface area (Å²) in [4.78, 5) is 60.1. The van der Waals surface area contributed by atoms with Gasteiger partial charge in [-0.15, -0.1) is 0 Å². The highest BCUT2D eigenvalue weighted by Gasteiger charge is 2.32. The van der Waals surface area contributed by atoms with Crippen LogP contribution in [0.3, 0.4) is 0 Å². The lowest BCUT2D eigenvalue weighted by atomic mass is 9.82. The van der Waals surface area contributed by atoms with Gasteiger partial charge in [-0.25, -0.2) is 0 Å².